The lowest BCUT2D eigenvalue weighted by Gasteiger charge is -2.18. The molecule has 0 aliphatic carbocycles. The molecule has 0 spiro atoms. The SMILES string of the molecule is CCCCCCCC/C=C\CCCC(CCCC/C=C(\C#N)c1c[nH]c2cc(Cl)ccc12)c1nccc2ccccc12. The molecule has 0 fully saturated rings. The summed E-state index contributed by atoms with van der Waals surface area (Å²) in [6.07, 6.45) is 27.8. The van der Waals surface area contributed by atoms with Crippen LogP contribution in [0.4, 0.5) is 0 Å². The van der Waals surface area contributed by atoms with Gasteiger partial charge >= 0.3 is 0 Å². The van der Waals surface area contributed by atoms with Crippen LogP contribution in [-0.2, 0) is 0 Å². The highest BCUT2D eigenvalue weighted by Gasteiger charge is 2.16. The second-order valence-electron chi connectivity index (χ2n) is 11.5. The largest absolute Gasteiger partial charge is 0.360 e. The average Bonchev–Trinajstić information content (AvgIpc) is 3.43. The molecule has 0 aliphatic rings. The molecule has 1 unspecified atom stereocenters. The maximum Gasteiger partial charge on any atom is 0.0995 e. The summed E-state index contributed by atoms with van der Waals surface area (Å²) in [5, 5.41) is 14.2. The van der Waals surface area contributed by atoms with Crippen molar-refractivity contribution in [3.8, 4) is 6.07 Å². The van der Waals surface area contributed by atoms with Crippen molar-refractivity contribution in [1.82, 2.24) is 9.97 Å². The molecule has 0 amide bonds. The highest BCUT2D eigenvalue weighted by molar-refractivity contribution is 6.31. The summed E-state index contributed by atoms with van der Waals surface area (Å²) in [7, 11) is 0. The van der Waals surface area contributed by atoms with Gasteiger partial charge < -0.3 is 4.98 Å². The van der Waals surface area contributed by atoms with E-state index in [1.807, 2.05) is 30.6 Å². The molecule has 0 saturated heterocycles. The van der Waals surface area contributed by atoms with Crippen LogP contribution >= 0.6 is 11.6 Å². The van der Waals surface area contributed by atoms with Crippen molar-refractivity contribution in [3.63, 3.8) is 0 Å². The average molecular weight is 580 g/mol. The summed E-state index contributed by atoms with van der Waals surface area (Å²) >= 11 is 6.14. The molecule has 1 N–H and O–H groups in total. The summed E-state index contributed by atoms with van der Waals surface area (Å²) in [5.41, 5.74) is 3.88. The van der Waals surface area contributed by atoms with Gasteiger partial charge in [0.05, 0.1) is 17.3 Å². The van der Waals surface area contributed by atoms with E-state index >= 15 is 0 Å². The minimum absolute atomic E-state index is 0.445. The first kappa shape index (κ1) is 31.6. The van der Waals surface area contributed by atoms with Gasteiger partial charge in [-0.3, -0.25) is 4.98 Å². The summed E-state index contributed by atoms with van der Waals surface area (Å²) < 4.78 is 0. The number of allylic oxidation sites excluding steroid dienone is 4. The van der Waals surface area contributed by atoms with E-state index in [4.69, 9.17) is 16.6 Å². The van der Waals surface area contributed by atoms with Crippen LogP contribution in [0.25, 0.3) is 27.2 Å². The molecule has 0 radical (unpaired) electrons. The van der Waals surface area contributed by atoms with Crippen LogP contribution in [0.15, 0.2) is 79.2 Å². The fourth-order valence-corrected chi connectivity index (χ4v) is 6.14. The summed E-state index contributed by atoms with van der Waals surface area (Å²) in [4.78, 5) is 8.15. The first-order chi connectivity index (χ1) is 20.7. The van der Waals surface area contributed by atoms with Gasteiger partial charge in [-0.2, -0.15) is 5.26 Å². The molecule has 0 bridgehead atoms. The van der Waals surface area contributed by atoms with Gasteiger partial charge in [0.1, 0.15) is 0 Å². The number of aromatic amines is 1. The zero-order valence-electron chi connectivity index (χ0n) is 25.3. The number of pyridine rings is 1. The highest BCUT2D eigenvalue weighted by Crippen LogP contribution is 2.32. The van der Waals surface area contributed by atoms with E-state index in [-0.39, 0.29) is 0 Å². The van der Waals surface area contributed by atoms with Gasteiger partial charge in [-0.05, 0) is 75.0 Å². The Morgan fingerprint density at radius 1 is 0.881 bits per heavy atom. The van der Waals surface area contributed by atoms with Crippen LogP contribution in [0.3, 0.4) is 0 Å². The number of rotatable bonds is 18. The van der Waals surface area contributed by atoms with Gasteiger partial charge in [-0.25, -0.2) is 0 Å². The van der Waals surface area contributed by atoms with E-state index in [9.17, 15) is 5.26 Å². The lowest BCUT2D eigenvalue weighted by Crippen LogP contribution is -2.03. The number of nitrogens with zero attached hydrogens (tertiary/aromatic N) is 2. The van der Waals surface area contributed by atoms with Gasteiger partial charge in [-0.15, -0.1) is 0 Å². The predicted octanol–water partition coefficient (Wildman–Crippen LogP) is 12.1. The van der Waals surface area contributed by atoms with E-state index in [1.165, 1.54) is 67.8 Å². The van der Waals surface area contributed by atoms with Gasteiger partial charge in [0.25, 0.3) is 0 Å². The Morgan fingerprint density at radius 2 is 1.64 bits per heavy atom. The maximum absolute atomic E-state index is 9.87. The molecule has 1 atom stereocenters. The normalized spacial score (nSPS) is 12.8. The Bertz CT molecular complexity index is 1480. The van der Waals surface area contributed by atoms with E-state index in [0.717, 1.165) is 60.6 Å². The Kier molecular flexibility index (Phi) is 13.2. The van der Waals surface area contributed by atoms with Gasteiger partial charge in [0.15, 0.2) is 0 Å². The van der Waals surface area contributed by atoms with Crippen LogP contribution in [0.1, 0.15) is 114 Å². The number of hydrogen-bond donors (Lipinski definition) is 1. The zero-order valence-corrected chi connectivity index (χ0v) is 26.0. The van der Waals surface area contributed by atoms with Crippen LogP contribution in [0.5, 0.6) is 0 Å². The third-order valence-corrected chi connectivity index (χ3v) is 8.55. The zero-order chi connectivity index (χ0) is 29.4. The van der Waals surface area contributed by atoms with Gasteiger partial charge in [-0.1, -0.05) is 106 Å². The number of hydrogen-bond acceptors (Lipinski definition) is 2. The Hall–Kier alpha value is -3.35. The van der Waals surface area contributed by atoms with Crippen molar-refractivity contribution < 1.29 is 0 Å². The van der Waals surface area contributed by atoms with Gasteiger partial charge in [0.2, 0.25) is 0 Å². The topological polar surface area (TPSA) is 52.5 Å². The lowest BCUT2D eigenvalue weighted by molar-refractivity contribution is 0.518. The minimum Gasteiger partial charge on any atom is -0.360 e. The molecule has 3 nitrogen and oxygen atoms in total. The molecule has 0 aliphatic heterocycles. The number of H-pyrrole nitrogens is 1. The van der Waals surface area contributed by atoms with Gasteiger partial charge in [0, 0.05) is 45.2 Å². The molecule has 42 heavy (non-hydrogen) atoms. The summed E-state index contributed by atoms with van der Waals surface area (Å²) in [6.45, 7) is 2.28. The van der Waals surface area contributed by atoms with Crippen molar-refractivity contribution in [2.24, 2.45) is 0 Å². The van der Waals surface area contributed by atoms with Crippen molar-refractivity contribution >= 4 is 38.8 Å². The van der Waals surface area contributed by atoms with Crippen molar-refractivity contribution in [2.75, 3.05) is 0 Å². The number of benzene rings is 2. The lowest BCUT2D eigenvalue weighted by atomic mass is 9.89. The fraction of sp³-hybridized carbons (Fsp3) is 0.421. The van der Waals surface area contributed by atoms with E-state index in [0.29, 0.717) is 10.9 Å². The smallest absolute Gasteiger partial charge is 0.0995 e. The summed E-state index contributed by atoms with van der Waals surface area (Å²) in [5.74, 6) is 0.445. The highest BCUT2D eigenvalue weighted by atomic mass is 35.5. The van der Waals surface area contributed by atoms with Crippen molar-refractivity contribution in [2.45, 2.75) is 103 Å². The number of nitrogens with one attached hydrogen (secondary N) is 1. The molecule has 2 heterocycles. The predicted molar refractivity (Wildman–Crippen MR) is 181 cm³/mol. The fourth-order valence-electron chi connectivity index (χ4n) is 5.97. The van der Waals surface area contributed by atoms with Crippen LogP contribution < -0.4 is 0 Å². The molecule has 4 rings (SSSR count). The maximum atomic E-state index is 9.87. The molecule has 0 saturated carbocycles. The standard InChI is InChI=1S/C38H46ClN3/c1-2-3-4-5-6-7-8-9-10-11-13-19-31(38-34-22-17-16-18-30(34)25-26-41-38)20-14-12-15-21-32(28-40)36-29-42-37-27-33(39)23-24-35(36)37/h9-10,16-18,21-27,29,31,42H,2-8,11-15,19-20H2,1H3/b10-9-,32-21+. The molecule has 2 aromatic heterocycles. The second kappa shape index (κ2) is 17.6. The third-order valence-electron chi connectivity index (χ3n) is 8.32. The molecular formula is C38H46ClN3. The Labute approximate surface area is 257 Å². The Morgan fingerprint density at radius 3 is 2.50 bits per heavy atom. The van der Waals surface area contributed by atoms with Crippen LogP contribution in [0.2, 0.25) is 5.02 Å². The van der Waals surface area contributed by atoms with E-state index in [2.05, 4.69) is 66.5 Å². The number of aromatic nitrogens is 2. The Balaban J connectivity index is 1.31. The summed E-state index contributed by atoms with van der Waals surface area (Å²) in [6, 6.07) is 18.9. The van der Waals surface area contributed by atoms with Crippen molar-refractivity contribution in [3.05, 3.63) is 95.4 Å². The molecule has 4 aromatic rings. The van der Waals surface area contributed by atoms with E-state index in [1.54, 1.807) is 0 Å². The minimum atomic E-state index is 0.445. The molecular weight excluding hydrogens is 534 g/mol. The van der Waals surface area contributed by atoms with Crippen LogP contribution in [-0.4, -0.2) is 9.97 Å². The molecule has 4 heteroatoms. The second-order valence-corrected chi connectivity index (χ2v) is 11.9. The van der Waals surface area contributed by atoms with Crippen molar-refractivity contribution in [1.29, 1.82) is 5.26 Å². The first-order valence-electron chi connectivity index (χ1n) is 16.1. The third kappa shape index (κ3) is 9.33. The first-order valence-corrected chi connectivity index (χ1v) is 16.4. The number of fused-ring (bicyclic) bond motifs is 2. The van der Waals surface area contributed by atoms with Crippen LogP contribution in [0, 0.1) is 11.3 Å². The number of halogens is 1. The molecule has 2 aromatic carbocycles. The van der Waals surface area contributed by atoms with E-state index < -0.39 is 0 Å². The monoisotopic (exact) mass is 579 g/mol. The number of nitriles is 1. The quantitative estimate of drug-likeness (QED) is 0.0723. The molecule has 220 valence electrons. The number of unbranched alkanes of at least 4 members (excludes halogenated alkanes) is 9.